The smallest absolute Gasteiger partial charge is 0.416 e. The summed E-state index contributed by atoms with van der Waals surface area (Å²) in [5.41, 5.74) is 2.93. The number of benzene rings is 2. The molecule has 3 rings (SSSR count). The van der Waals surface area contributed by atoms with Crippen LogP contribution in [0.15, 0.2) is 48.5 Å². The average molecular weight is 460 g/mol. The minimum atomic E-state index is -4.34. The number of hydrogen-bond donors (Lipinski definition) is 1. The highest BCUT2D eigenvalue weighted by Crippen LogP contribution is 2.34. The Bertz CT molecular complexity index is 1050. The van der Waals surface area contributed by atoms with Crippen molar-refractivity contribution in [1.82, 2.24) is 4.98 Å². The van der Waals surface area contributed by atoms with Crippen LogP contribution in [0.1, 0.15) is 59.9 Å². The molecule has 0 aliphatic heterocycles. The molecule has 0 saturated heterocycles. The van der Waals surface area contributed by atoms with Gasteiger partial charge in [-0.3, -0.25) is 0 Å². The predicted molar refractivity (Wildman–Crippen MR) is 126 cm³/mol. The Balaban J connectivity index is 1.80. The molecule has 1 aromatic heterocycles. The number of allylic oxidation sites excluding steroid dienone is 1. The number of halogens is 3. The van der Waals surface area contributed by atoms with Crippen molar-refractivity contribution < 1.29 is 18.3 Å². The van der Waals surface area contributed by atoms with Gasteiger partial charge in [-0.1, -0.05) is 56.5 Å². The third-order valence-electron chi connectivity index (χ3n) is 5.34. The van der Waals surface area contributed by atoms with Crippen LogP contribution in [0.5, 0.6) is 5.75 Å². The van der Waals surface area contributed by atoms with Crippen LogP contribution in [0.4, 0.5) is 13.2 Å². The molecule has 0 aliphatic rings. The number of phenols is 1. The molecule has 170 valence electrons. The summed E-state index contributed by atoms with van der Waals surface area (Å²) in [5.74, 6) is 0.278. The lowest BCUT2D eigenvalue weighted by molar-refractivity contribution is -0.137. The molecule has 1 heterocycles. The number of phenolic OH excluding ortho intramolecular Hbond substituents is 1. The van der Waals surface area contributed by atoms with E-state index in [0.29, 0.717) is 12.0 Å². The third-order valence-corrected chi connectivity index (χ3v) is 6.51. The van der Waals surface area contributed by atoms with Gasteiger partial charge in [-0.05, 0) is 55.2 Å². The molecular formula is C26H28F3NOS. The van der Waals surface area contributed by atoms with E-state index in [1.165, 1.54) is 18.6 Å². The molecule has 0 spiro atoms. The lowest BCUT2D eigenvalue weighted by Crippen LogP contribution is -2.03. The van der Waals surface area contributed by atoms with Crippen molar-refractivity contribution >= 4 is 17.4 Å². The molecule has 2 nitrogen and oxygen atoms in total. The number of unbranched alkanes of at least 4 members (excludes halogenated alkanes) is 3. The Morgan fingerprint density at radius 2 is 1.78 bits per heavy atom. The molecule has 32 heavy (non-hydrogen) atoms. The van der Waals surface area contributed by atoms with Crippen molar-refractivity contribution in [2.45, 2.75) is 58.5 Å². The van der Waals surface area contributed by atoms with Crippen molar-refractivity contribution in [3.63, 3.8) is 0 Å². The first kappa shape index (κ1) is 24.1. The maximum atomic E-state index is 12.9. The van der Waals surface area contributed by atoms with Crippen LogP contribution >= 0.6 is 11.3 Å². The zero-order valence-corrected chi connectivity index (χ0v) is 19.2. The Morgan fingerprint density at radius 1 is 1.03 bits per heavy atom. The number of aryl methyl sites for hydroxylation is 2. The fraction of sp³-hybridized carbons (Fsp3) is 0.346. The van der Waals surface area contributed by atoms with Gasteiger partial charge >= 0.3 is 6.18 Å². The van der Waals surface area contributed by atoms with Gasteiger partial charge in [-0.2, -0.15) is 13.2 Å². The Kier molecular flexibility index (Phi) is 8.13. The summed E-state index contributed by atoms with van der Waals surface area (Å²) in [6, 6.07) is 10.7. The molecule has 1 N–H and O–H groups in total. The molecule has 0 fully saturated rings. The van der Waals surface area contributed by atoms with Crippen molar-refractivity contribution in [2.75, 3.05) is 0 Å². The first-order chi connectivity index (χ1) is 15.3. The number of aromatic hydroxyl groups is 1. The topological polar surface area (TPSA) is 33.1 Å². The molecule has 6 heteroatoms. The second kappa shape index (κ2) is 10.8. The van der Waals surface area contributed by atoms with E-state index in [1.54, 1.807) is 17.4 Å². The first-order valence-corrected chi connectivity index (χ1v) is 11.7. The van der Waals surface area contributed by atoms with Crippen LogP contribution in [0, 0.1) is 6.92 Å². The number of alkyl halides is 3. The fourth-order valence-corrected chi connectivity index (χ4v) is 4.56. The van der Waals surface area contributed by atoms with Gasteiger partial charge < -0.3 is 5.11 Å². The summed E-state index contributed by atoms with van der Waals surface area (Å²) < 4.78 is 38.7. The zero-order valence-electron chi connectivity index (χ0n) is 18.4. The molecule has 0 saturated carbocycles. The average Bonchev–Trinajstić information content (AvgIpc) is 3.16. The van der Waals surface area contributed by atoms with Crippen molar-refractivity contribution in [3.8, 4) is 16.3 Å². The third kappa shape index (κ3) is 6.45. The number of nitrogens with zero attached hydrogens (tertiary/aromatic N) is 1. The van der Waals surface area contributed by atoms with Crippen LogP contribution in [0.25, 0.3) is 16.6 Å². The minimum Gasteiger partial charge on any atom is -0.508 e. The highest BCUT2D eigenvalue weighted by molar-refractivity contribution is 7.15. The van der Waals surface area contributed by atoms with E-state index in [9.17, 15) is 18.3 Å². The second-order valence-corrected chi connectivity index (χ2v) is 9.01. The van der Waals surface area contributed by atoms with Crippen molar-refractivity contribution in [2.24, 2.45) is 0 Å². The van der Waals surface area contributed by atoms with Crippen LogP contribution in [-0.2, 0) is 19.0 Å². The number of aromatic nitrogens is 1. The van der Waals surface area contributed by atoms with E-state index < -0.39 is 11.7 Å². The van der Waals surface area contributed by atoms with E-state index in [-0.39, 0.29) is 5.75 Å². The summed E-state index contributed by atoms with van der Waals surface area (Å²) in [5, 5.41) is 10.4. The van der Waals surface area contributed by atoms with E-state index in [0.717, 1.165) is 64.5 Å². The molecule has 2 aromatic carbocycles. The molecule has 0 atom stereocenters. The zero-order chi connectivity index (χ0) is 23.1. The van der Waals surface area contributed by atoms with E-state index >= 15 is 0 Å². The van der Waals surface area contributed by atoms with Gasteiger partial charge in [0.05, 0.1) is 11.3 Å². The minimum absolute atomic E-state index is 0.278. The highest BCUT2D eigenvalue weighted by atomic mass is 32.1. The molecule has 3 aromatic rings. The summed E-state index contributed by atoms with van der Waals surface area (Å²) in [4.78, 5) is 5.93. The number of thiazole rings is 1. The highest BCUT2D eigenvalue weighted by Gasteiger charge is 2.30. The standard InChI is InChI=1S/C26H28F3NOS/c1-3-4-5-6-9-22-24(10-7-8-19-11-16-23(31)18(2)17-19)32-25(30-22)20-12-14-21(15-13-20)26(27,28)29/h7-8,11-17,31H,3-6,9-10H2,1-2H3. The normalized spacial score (nSPS) is 12.0. The Labute approximate surface area is 191 Å². The molecule has 0 unspecified atom stereocenters. The van der Waals surface area contributed by atoms with Gasteiger partial charge in [0, 0.05) is 16.9 Å². The Morgan fingerprint density at radius 3 is 2.44 bits per heavy atom. The fourth-order valence-electron chi connectivity index (χ4n) is 3.47. The molecular weight excluding hydrogens is 431 g/mol. The van der Waals surface area contributed by atoms with Gasteiger partial charge in [0.2, 0.25) is 0 Å². The van der Waals surface area contributed by atoms with Gasteiger partial charge in [-0.25, -0.2) is 4.98 Å². The predicted octanol–water partition coefficient (Wildman–Crippen LogP) is 8.22. The van der Waals surface area contributed by atoms with Gasteiger partial charge in [-0.15, -0.1) is 11.3 Å². The molecule has 0 radical (unpaired) electrons. The van der Waals surface area contributed by atoms with Crippen LogP contribution in [0.3, 0.4) is 0 Å². The summed E-state index contributed by atoms with van der Waals surface area (Å²) in [6.45, 7) is 4.04. The van der Waals surface area contributed by atoms with Gasteiger partial charge in [0.15, 0.2) is 0 Å². The lowest BCUT2D eigenvalue weighted by atomic mass is 10.1. The monoisotopic (exact) mass is 459 g/mol. The van der Waals surface area contributed by atoms with Crippen molar-refractivity contribution in [1.29, 1.82) is 0 Å². The van der Waals surface area contributed by atoms with Crippen LogP contribution < -0.4 is 0 Å². The van der Waals surface area contributed by atoms with Crippen molar-refractivity contribution in [3.05, 3.63) is 75.8 Å². The molecule has 0 amide bonds. The summed E-state index contributed by atoms with van der Waals surface area (Å²) >= 11 is 1.55. The number of hydrogen-bond acceptors (Lipinski definition) is 3. The van der Waals surface area contributed by atoms with Gasteiger partial charge in [0.25, 0.3) is 0 Å². The molecule has 0 bridgehead atoms. The first-order valence-electron chi connectivity index (χ1n) is 10.9. The van der Waals surface area contributed by atoms with E-state index in [4.69, 9.17) is 4.98 Å². The maximum absolute atomic E-state index is 12.9. The SMILES string of the molecule is CCCCCCc1nc(-c2ccc(C(F)(F)F)cc2)sc1CC=Cc1ccc(O)c(C)c1. The summed E-state index contributed by atoms with van der Waals surface area (Å²) in [7, 11) is 0. The second-order valence-electron chi connectivity index (χ2n) is 7.93. The summed E-state index contributed by atoms with van der Waals surface area (Å²) in [6.07, 6.45) is 5.88. The number of rotatable bonds is 9. The van der Waals surface area contributed by atoms with Crippen LogP contribution in [-0.4, -0.2) is 10.1 Å². The largest absolute Gasteiger partial charge is 0.508 e. The van der Waals surface area contributed by atoms with Crippen LogP contribution in [0.2, 0.25) is 0 Å². The quantitative estimate of drug-likeness (QED) is 0.327. The Hall–Kier alpha value is -2.60. The molecule has 0 aliphatic carbocycles. The maximum Gasteiger partial charge on any atom is 0.416 e. The van der Waals surface area contributed by atoms with E-state index in [1.807, 2.05) is 25.1 Å². The lowest BCUT2D eigenvalue weighted by Gasteiger charge is -2.06. The van der Waals surface area contributed by atoms with E-state index in [2.05, 4.69) is 13.0 Å². The van der Waals surface area contributed by atoms with Gasteiger partial charge in [0.1, 0.15) is 10.8 Å².